The van der Waals surface area contributed by atoms with Gasteiger partial charge in [-0.25, -0.2) is 8.42 Å². The predicted molar refractivity (Wildman–Crippen MR) is 78.6 cm³/mol. The van der Waals surface area contributed by atoms with Gasteiger partial charge in [0, 0.05) is 18.7 Å². The van der Waals surface area contributed by atoms with Crippen molar-refractivity contribution in [2.24, 2.45) is 0 Å². The van der Waals surface area contributed by atoms with Gasteiger partial charge in [0.25, 0.3) is 0 Å². The first-order chi connectivity index (χ1) is 9.59. The van der Waals surface area contributed by atoms with E-state index in [1.54, 1.807) is 10.9 Å². The van der Waals surface area contributed by atoms with Crippen LogP contribution in [0.25, 0.3) is 0 Å². The van der Waals surface area contributed by atoms with E-state index in [1.807, 2.05) is 0 Å². The Morgan fingerprint density at radius 2 is 2.35 bits per heavy atom. The second kappa shape index (κ2) is 7.28. The minimum absolute atomic E-state index is 0.0800. The summed E-state index contributed by atoms with van der Waals surface area (Å²) in [6.45, 7) is 1.46. The van der Waals surface area contributed by atoms with E-state index in [0.717, 1.165) is 19.4 Å². The Kier molecular flexibility index (Phi) is 5.68. The Bertz CT molecular complexity index is 512. The van der Waals surface area contributed by atoms with Crippen LogP contribution in [-0.2, 0) is 21.3 Å². The summed E-state index contributed by atoms with van der Waals surface area (Å²) in [5, 5.41) is 4.15. The quantitative estimate of drug-likeness (QED) is 0.585. The zero-order valence-corrected chi connectivity index (χ0v) is 12.9. The lowest BCUT2D eigenvalue weighted by molar-refractivity contribution is 0.0940. The van der Waals surface area contributed by atoms with Gasteiger partial charge >= 0.3 is 0 Å². The average Bonchev–Trinajstić information content (AvgIpc) is 3.02. The number of nitrogens with zero attached hydrogens (tertiary/aromatic N) is 2. The summed E-state index contributed by atoms with van der Waals surface area (Å²) in [6.07, 6.45) is 6.76. The standard InChI is InChI=1S/C12H20ClN3O3S/c13-5-1-2-7-20(17,18)15-11-8-14-16(9-11)10-12-4-3-6-19-12/h8-9,12,15H,1-7,10H2. The highest BCUT2D eigenvalue weighted by molar-refractivity contribution is 7.92. The molecule has 114 valence electrons. The van der Waals surface area contributed by atoms with Crippen LogP contribution in [0, 0.1) is 0 Å². The summed E-state index contributed by atoms with van der Waals surface area (Å²) in [5.41, 5.74) is 0.494. The summed E-state index contributed by atoms with van der Waals surface area (Å²) in [6, 6.07) is 0. The fourth-order valence-corrected chi connectivity index (χ4v) is 3.47. The second-order valence-corrected chi connectivity index (χ2v) is 7.12. The number of hydrogen-bond acceptors (Lipinski definition) is 4. The topological polar surface area (TPSA) is 73.2 Å². The molecule has 1 aliphatic rings. The highest BCUT2D eigenvalue weighted by atomic mass is 35.5. The molecular formula is C12H20ClN3O3S. The molecule has 6 nitrogen and oxygen atoms in total. The smallest absolute Gasteiger partial charge is 0.232 e. The molecule has 1 N–H and O–H groups in total. The van der Waals surface area contributed by atoms with E-state index in [0.29, 0.717) is 31.0 Å². The molecule has 1 unspecified atom stereocenters. The van der Waals surface area contributed by atoms with E-state index in [2.05, 4.69) is 9.82 Å². The Balaban J connectivity index is 1.85. The predicted octanol–water partition coefficient (Wildman–Crippen LogP) is 1.82. The van der Waals surface area contributed by atoms with Gasteiger partial charge in [0.1, 0.15) is 0 Å². The minimum atomic E-state index is -3.31. The summed E-state index contributed by atoms with van der Waals surface area (Å²) >= 11 is 5.53. The van der Waals surface area contributed by atoms with Gasteiger partial charge in [0.05, 0.1) is 30.3 Å². The Hall–Kier alpha value is -0.790. The molecule has 0 aromatic carbocycles. The number of rotatable bonds is 8. The number of aromatic nitrogens is 2. The summed E-state index contributed by atoms with van der Waals surface area (Å²) < 4.78 is 33.4. The number of nitrogens with one attached hydrogen (secondary N) is 1. The number of halogens is 1. The van der Waals surface area contributed by atoms with Gasteiger partial charge in [-0.05, 0) is 25.7 Å². The molecule has 1 aliphatic heterocycles. The molecule has 20 heavy (non-hydrogen) atoms. The maximum Gasteiger partial charge on any atom is 0.232 e. The normalized spacial score (nSPS) is 19.4. The van der Waals surface area contributed by atoms with Crippen LogP contribution in [0.2, 0.25) is 0 Å². The third kappa shape index (κ3) is 4.96. The summed E-state index contributed by atoms with van der Waals surface area (Å²) in [4.78, 5) is 0. The third-order valence-corrected chi connectivity index (χ3v) is 4.76. The molecule has 0 spiro atoms. The van der Waals surface area contributed by atoms with Crippen molar-refractivity contribution in [1.29, 1.82) is 0 Å². The molecule has 2 rings (SSSR count). The second-order valence-electron chi connectivity index (χ2n) is 4.90. The van der Waals surface area contributed by atoms with Crippen molar-refractivity contribution in [3.63, 3.8) is 0 Å². The lowest BCUT2D eigenvalue weighted by Crippen LogP contribution is -2.17. The molecule has 0 saturated carbocycles. The van der Waals surface area contributed by atoms with E-state index in [4.69, 9.17) is 16.3 Å². The van der Waals surface area contributed by atoms with Crippen molar-refractivity contribution in [1.82, 2.24) is 9.78 Å². The number of hydrogen-bond donors (Lipinski definition) is 1. The first kappa shape index (κ1) is 15.6. The van der Waals surface area contributed by atoms with Crippen LogP contribution >= 0.6 is 11.6 Å². The first-order valence-corrected chi connectivity index (χ1v) is 8.98. The van der Waals surface area contributed by atoms with E-state index in [1.165, 1.54) is 6.20 Å². The van der Waals surface area contributed by atoms with Crippen LogP contribution in [-0.4, -0.2) is 42.5 Å². The average molecular weight is 322 g/mol. The SMILES string of the molecule is O=S(=O)(CCCCCl)Nc1cnn(CC2CCCO2)c1. The Labute approximate surface area is 124 Å². The highest BCUT2D eigenvalue weighted by Crippen LogP contribution is 2.15. The molecule has 1 saturated heterocycles. The number of anilines is 1. The summed E-state index contributed by atoms with van der Waals surface area (Å²) in [7, 11) is -3.31. The fraction of sp³-hybridized carbons (Fsp3) is 0.750. The van der Waals surface area contributed by atoms with Crippen LogP contribution in [0.3, 0.4) is 0 Å². The van der Waals surface area contributed by atoms with Crippen molar-refractivity contribution < 1.29 is 13.2 Å². The van der Waals surface area contributed by atoms with Crippen molar-refractivity contribution in [2.45, 2.75) is 38.3 Å². The molecule has 0 bridgehead atoms. The molecule has 1 aromatic heterocycles. The van der Waals surface area contributed by atoms with Gasteiger partial charge in [0.2, 0.25) is 10.0 Å². The van der Waals surface area contributed by atoms with Crippen LogP contribution in [0.5, 0.6) is 0 Å². The van der Waals surface area contributed by atoms with Crippen LogP contribution in [0.4, 0.5) is 5.69 Å². The lowest BCUT2D eigenvalue weighted by atomic mass is 10.2. The minimum Gasteiger partial charge on any atom is -0.376 e. The van der Waals surface area contributed by atoms with Gasteiger partial charge in [-0.3, -0.25) is 9.40 Å². The largest absolute Gasteiger partial charge is 0.376 e. The zero-order valence-electron chi connectivity index (χ0n) is 11.3. The van der Waals surface area contributed by atoms with Gasteiger partial charge in [-0.2, -0.15) is 5.10 Å². The fourth-order valence-electron chi connectivity index (χ4n) is 2.13. The third-order valence-electron chi connectivity index (χ3n) is 3.12. The van der Waals surface area contributed by atoms with E-state index < -0.39 is 10.0 Å². The Morgan fingerprint density at radius 3 is 3.05 bits per heavy atom. The van der Waals surface area contributed by atoms with Crippen LogP contribution in [0.15, 0.2) is 12.4 Å². The molecule has 1 fully saturated rings. The zero-order chi connectivity index (χ0) is 14.4. The van der Waals surface area contributed by atoms with E-state index >= 15 is 0 Å². The van der Waals surface area contributed by atoms with Crippen molar-refractivity contribution in [3.05, 3.63) is 12.4 Å². The van der Waals surface area contributed by atoms with E-state index in [9.17, 15) is 8.42 Å². The van der Waals surface area contributed by atoms with Gasteiger partial charge in [0.15, 0.2) is 0 Å². The Morgan fingerprint density at radius 1 is 1.50 bits per heavy atom. The maximum absolute atomic E-state index is 11.8. The molecular weight excluding hydrogens is 302 g/mol. The summed E-state index contributed by atoms with van der Waals surface area (Å²) in [5.74, 6) is 0.561. The van der Waals surface area contributed by atoms with Gasteiger partial charge in [-0.15, -0.1) is 11.6 Å². The van der Waals surface area contributed by atoms with Crippen LogP contribution in [0.1, 0.15) is 25.7 Å². The van der Waals surface area contributed by atoms with Crippen LogP contribution < -0.4 is 4.72 Å². The number of alkyl halides is 1. The van der Waals surface area contributed by atoms with Crippen molar-refractivity contribution >= 4 is 27.3 Å². The van der Waals surface area contributed by atoms with Gasteiger partial charge < -0.3 is 4.74 Å². The molecule has 1 atom stereocenters. The highest BCUT2D eigenvalue weighted by Gasteiger charge is 2.17. The monoisotopic (exact) mass is 321 g/mol. The molecule has 0 radical (unpaired) electrons. The molecule has 8 heteroatoms. The number of sulfonamides is 1. The number of ether oxygens (including phenoxy) is 1. The van der Waals surface area contributed by atoms with Crippen molar-refractivity contribution in [3.8, 4) is 0 Å². The van der Waals surface area contributed by atoms with Crippen molar-refractivity contribution in [2.75, 3.05) is 23.0 Å². The molecule has 2 heterocycles. The van der Waals surface area contributed by atoms with E-state index in [-0.39, 0.29) is 11.9 Å². The number of unbranched alkanes of at least 4 members (excludes halogenated alkanes) is 1. The molecule has 0 amide bonds. The molecule has 0 aliphatic carbocycles. The molecule has 1 aromatic rings. The van der Waals surface area contributed by atoms with Gasteiger partial charge in [-0.1, -0.05) is 0 Å². The first-order valence-electron chi connectivity index (χ1n) is 6.79. The lowest BCUT2D eigenvalue weighted by Gasteiger charge is -2.08. The maximum atomic E-state index is 11.8.